The molecular weight excluding hydrogens is 659 g/mol. The van der Waals surface area contributed by atoms with E-state index in [1.165, 1.54) is 38.9 Å². The summed E-state index contributed by atoms with van der Waals surface area (Å²) in [5, 5.41) is 3.41. The lowest BCUT2D eigenvalue weighted by Gasteiger charge is -2.30. The van der Waals surface area contributed by atoms with E-state index < -0.39 is 5.41 Å². The highest BCUT2D eigenvalue weighted by molar-refractivity contribution is 6.07. The van der Waals surface area contributed by atoms with E-state index in [1.807, 2.05) is 12.1 Å². The Bertz CT molecular complexity index is 3070. The summed E-state index contributed by atoms with van der Waals surface area (Å²) in [6.07, 6.45) is 0. The minimum atomic E-state index is -0.486. The molecule has 12 rings (SSSR count). The van der Waals surface area contributed by atoms with Crippen LogP contribution in [0.1, 0.15) is 22.3 Å². The normalized spacial score (nSPS) is 13.3. The molecule has 0 aliphatic heterocycles. The Balaban J connectivity index is 1.05. The van der Waals surface area contributed by atoms with Gasteiger partial charge < -0.3 is 13.7 Å². The molecule has 0 unspecified atom stereocenters. The molecule has 0 fully saturated rings. The summed E-state index contributed by atoms with van der Waals surface area (Å²) in [5.74, 6) is 0.961. The number of nitrogens with zero attached hydrogens (tertiary/aromatic N) is 1. The third-order valence-electron chi connectivity index (χ3n) is 11.7. The second-order valence-corrected chi connectivity index (χ2v) is 14.4. The zero-order valence-corrected chi connectivity index (χ0v) is 29.2. The number of fused-ring (bicyclic) bond motifs is 15. The number of hydrogen-bond acceptors (Lipinski definition) is 3. The van der Waals surface area contributed by atoms with Gasteiger partial charge in [-0.05, 0) is 87.5 Å². The smallest absolute Gasteiger partial charge is 0.141 e. The molecule has 8 aromatic carbocycles. The van der Waals surface area contributed by atoms with E-state index in [0.717, 1.165) is 66.9 Å². The Morgan fingerprint density at radius 2 is 0.926 bits per heavy atom. The second kappa shape index (κ2) is 11.0. The average Bonchev–Trinajstić information content (AvgIpc) is 3.96. The Hall–Kier alpha value is -7.10. The lowest BCUT2D eigenvalue weighted by Crippen LogP contribution is -2.25. The van der Waals surface area contributed by atoms with Crippen LogP contribution >= 0.6 is 0 Å². The molecule has 0 saturated carbocycles. The third-order valence-corrected chi connectivity index (χ3v) is 11.7. The zero-order chi connectivity index (χ0) is 35.4. The standard InChI is InChI=1S/C51H31NO2/c1-2-13-33(14-3-1)52(35-29-30-40-39-17-6-10-23-45(39)53-47(40)31-35)34-27-25-32(26-28-34)36-19-12-22-44-48(36)50-49(41-18-7-11-24-46(41)54-50)51(44)42-20-8-4-15-37(42)38-16-5-9-21-43(38)51/h1-31H. The topological polar surface area (TPSA) is 29.5 Å². The van der Waals surface area contributed by atoms with Crippen molar-refractivity contribution in [2.24, 2.45) is 0 Å². The van der Waals surface area contributed by atoms with Crippen molar-refractivity contribution in [2.45, 2.75) is 5.41 Å². The van der Waals surface area contributed by atoms with Crippen molar-refractivity contribution in [3.05, 3.63) is 210 Å². The van der Waals surface area contributed by atoms with Crippen molar-refractivity contribution in [3.63, 3.8) is 0 Å². The van der Waals surface area contributed by atoms with E-state index in [1.54, 1.807) is 0 Å². The molecule has 10 aromatic rings. The van der Waals surface area contributed by atoms with Crippen molar-refractivity contribution in [1.29, 1.82) is 0 Å². The lowest BCUT2D eigenvalue weighted by molar-refractivity contribution is 0.629. The van der Waals surface area contributed by atoms with Crippen LogP contribution in [0.4, 0.5) is 17.1 Å². The van der Waals surface area contributed by atoms with Crippen molar-refractivity contribution in [3.8, 4) is 33.6 Å². The Kier molecular flexibility index (Phi) is 5.98. The van der Waals surface area contributed by atoms with Gasteiger partial charge in [-0.2, -0.15) is 0 Å². The summed E-state index contributed by atoms with van der Waals surface area (Å²) in [7, 11) is 0. The highest BCUT2D eigenvalue weighted by Crippen LogP contribution is 2.66. The predicted octanol–water partition coefficient (Wildman–Crippen LogP) is 13.8. The van der Waals surface area contributed by atoms with Gasteiger partial charge in [0.05, 0.1) is 5.41 Å². The lowest BCUT2D eigenvalue weighted by atomic mass is 9.70. The molecule has 3 nitrogen and oxygen atoms in total. The molecule has 0 amide bonds. The SMILES string of the molecule is c1ccc(N(c2ccc(-c3cccc4c3-c3oc5ccccc5c3C43c4ccccc4-c4ccccc43)cc2)c2ccc3c(c2)oc2ccccc23)cc1. The molecule has 0 saturated heterocycles. The van der Waals surface area contributed by atoms with Crippen LogP contribution in [0.2, 0.25) is 0 Å². The number of para-hydroxylation sites is 3. The van der Waals surface area contributed by atoms with Crippen LogP contribution in [0.3, 0.4) is 0 Å². The zero-order valence-electron chi connectivity index (χ0n) is 29.2. The van der Waals surface area contributed by atoms with Crippen molar-refractivity contribution >= 4 is 50.0 Å². The minimum Gasteiger partial charge on any atom is -0.456 e. The molecular formula is C51H31NO2. The number of hydrogen-bond donors (Lipinski definition) is 0. The molecule has 0 bridgehead atoms. The maximum atomic E-state index is 6.93. The Morgan fingerprint density at radius 3 is 1.69 bits per heavy atom. The summed E-state index contributed by atoms with van der Waals surface area (Å²) in [6.45, 7) is 0. The maximum absolute atomic E-state index is 6.93. The summed E-state index contributed by atoms with van der Waals surface area (Å²) >= 11 is 0. The summed E-state index contributed by atoms with van der Waals surface area (Å²) in [4.78, 5) is 2.30. The fourth-order valence-corrected chi connectivity index (χ4v) is 9.54. The van der Waals surface area contributed by atoms with E-state index in [2.05, 4.69) is 181 Å². The van der Waals surface area contributed by atoms with Crippen LogP contribution in [-0.2, 0) is 5.41 Å². The van der Waals surface area contributed by atoms with Gasteiger partial charge in [0.1, 0.15) is 22.5 Å². The summed E-state index contributed by atoms with van der Waals surface area (Å²) in [5.41, 5.74) is 16.5. The van der Waals surface area contributed by atoms with Crippen LogP contribution in [0.15, 0.2) is 197 Å². The first-order valence-corrected chi connectivity index (χ1v) is 18.5. The van der Waals surface area contributed by atoms with Crippen molar-refractivity contribution in [2.75, 3.05) is 4.90 Å². The van der Waals surface area contributed by atoms with E-state index in [0.29, 0.717) is 0 Å². The van der Waals surface area contributed by atoms with Crippen LogP contribution in [0, 0.1) is 0 Å². The highest BCUT2D eigenvalue weighted by atomic mass is 16.3. The molecule has 2 aromatic heterocycles. The highest BCUT2D eigenvalue weighted by Gasteiger charge is 2.54. The van der Waals surface area contributed by atoms with Crippen LogP contribution in [0.5, 0.6) is 0 Å². The molecule has 54 heavy (non-hydrogen) atoms. The number of benzene rings is 8. The van der Waals surface area contributed by atoms with Gasteiger partial charge in [-0.15, -0.1) is 0 Å². The van der Waals surface area contributed by atoms with Crippen LogP contribution in [-0.4, -0.2) is 0 Å². The summed E-state index contributed by atoms with van der Waals surface area (Å²) < 4.78 is 13.3. The molecule has 2 aliphatic rings. The Labute approximate surface area is 312 Å². The number of anilines is 3. The Morgan fingerprint density at radius 1 is 0.370 bits per heavy atom. The monoisotopic (exact) mass is 689 g/mol. The van der Waals surface area contributed by atoms with Gasteiger partial charge in [0.15, 0.2) is 0 Å². The second-order valence-electron chi connectivity index (χ2n) is 14.4. The quantitative estimate of drug-likeness (QED) is 0.184. The van der Waals surface area contributed by atoms with Crippen molar-refractivity contribution < 1.29 is 8.83 Å². The van der Waals surface area contributed by atoms with Gasteiger partial charge in [0.25, 0.3) is 0 Å². The number of rotatable bonds is 4. The summed E-state index contributed by atoms with van der Waals surface area (Å²) in [6, 6.07) is 67.4. The van der Waals surface area contributed by atoms with Gasteiger partial charge in [0, 0.05) is 50.4 Å². The molecule has 0 N–H and O–H groups in total. The van der Waals surface area contributed by atoms with Crippen molar-refractivity contribution in [1.82, 2.24) is 0 Å². The third kappa shape index (κ3) is 3.85. The van der Waals surface area contributed by atoms with E-state index in [9.17, 15) is 0 Å². The number of furan rings is 2. The molecule has 3 heteroatoms. The fraction of sp³-hybridized carbons (Fsp3) is 0.0196. The van der Waals surface area contributed by atoms with Crippen LogP contribution < -0.4 is 4.90 Å². The van der Waals surface area contributed by atoms with E-state index >= 15 is 0 Å². The van der Waals surface area contributed by atoms with Gasteiger partial charge >= 0.3 is 0 Å². The largest absolute Gasteiger partial charge is 0.456 e. The maximum Gasteiger partial charge on any atom is 0.141 e. The minimum absolute atomic E-state index is 0.486. The molecule has 0 atom stereocenters. The average molecular weight is 690 g/mol. The fourth-order valence-electron chi connectivity index (χ4n) is 9.54. The van der Waals surface area contributed by atoms with Gasteiger partial charge in [-0.25, -0.2) is 0 Å². The first-order chi connectivity index (χ1) is 26.8. The van der Waals surface area contributed by atoms with E-state index in [4.69, 9.17) is 8.83 Å². The molecule has 252 valence electrons. The van der Waals surface area contributed by atoms with Gasteiger partial charge in [-0.3, -0.25) is 0 Å². The van der Waals surface area contributed by atoms with E-state index in [-0.39, 0.29) is 0 Å². The van der Waals surface area contributed by atoms with Gasteiger partial charge in [0.2, 0.25) is 0 Å². The predicted molar refractivity (Wildman–Crippen MR) is 220 cm³/mol. The first-order valence-electron chi connectivity index (χ1n) is 18.5. The first kappa shape index (κ1) is 29.5. The molecule has 2 heterocycles. The van der Waals surface area contributed by atoms with Gasteiger partial charge in [-0.1, -0.05) is 133 Å². The van der Waals surface area contributed by atoms with Crippen LogP contribution in [0.25, 0.3) is 66.5 Å². The molecule has 1 spiro atoms. The molecule has 2 aliphatic carbocycles. The molecule has 0 radical (unpaired) electrons.